The molecule has 0 radical (unpaired) electrons. The van der Waals surface area contributed by atoms with Gasteiger partial charge in [-0.05, 0) is 50.2 Å². The normalized spacial score (nSPS) is 19.8. The summed E-state index contributed by atoms with van der Waals surface area (Å²) in [4.78, 5) is 13.6. The summed E-state index contributed by atoms with van der Waals surface area (Å²) in [5, 5.41) is 16.5. The van der Waals surface area contributed by atoms with Gasteiger partial charge in [0.2, 0.25) is 5.95 Å². The van der Waals surface area contributed by atoms with E-state index in [-0.39, 0.29) is 12.6 Å². The Kier molecular flexibility index (Phi) is 7.44. The predicted molar refractivity (Wildman–Crippen MR) is 125 cm³/mol. The highest BCUT2D eigenvalue weighted by atomic mass is 35.5. The van der Waals surface area contributed by atoms with Crippen LogP contribution in [0.25, 0.3) is 5.76 Å². The minimum absolute atomic E-state index is 0.203. The molecule has 1 aliphatic heterocycles. The number of aliphatic hydroxyl groups excluding tert-OH is 1. The Labute approximate surface area is 193 Å². The Morgan fingerprint density at radius 2 is 2.19 bits per heavy atom. The molecule has 3 N–H and O–H groups in total. The summed E-state index contributed by atoms with van der Waals surface area (Å²) in [6.45, 7) is 3.39. The molecule has 4 rings (SSSR count). The zero-order chi connectivity index (χ0) is 22.5. The van der Waals surface area contributed by atoms with E-state index >= 15 is 0 Å². The second kappa shape index (κ2) is 10.5. The van der Waals surface area contributed by atoms with Gasteiger partial charge in [-0.15, -0.1) is 0 Å². The number of aromatic nitrogens is 3. The predicted octanol–water partition coefficient (Wildman–Crippen LogP) is 3.69. The number of hydrogen-bond acceptors (Lipinski definition) is 8. The van der Waals surface area contributed by atoms with Crippen LogP contribution in [0, 0.1) is 5.92 Å². The van der Waals surface area contributed by atoms with Crippen LogP contribution in [0.5, 0.6) is 5.75 Å². The number of ether oxygens (including phenoxy) is 2. The highest BCUT2D eigenvalue weighted by Gasteiger charge is 2.28. The third kappa shape index (κ3) is 5.14. The third-order valence-corrected chi connectivity index (χ3v) is 6.21. The molecule has 0 bridgehead atoms. The van der Waals surface area contributed by atoms with Gasteiger partial charge in [-0.2, -0.15) is 4.98 Å². The maximum Gasteiger partial charge on any atom is 0.226 e. The van der Waals surface area contributed by atoms with E-state index in [1.807, 2.05) is 6.08 Å². The Morgan fingerprint density at radius 3 is 2.94 bits per heavy atom. The molecule has 8 nitrogen and oxygen atoms in total. The Balaban J connectivity index is 1.63. The lowest BCUT2D eigenvalue weighted by molar-refractivity contribution is 0.210. The summed E-state index contributed by atoms with van der Waals surface area (Å²) in [7, 11) is 1.65. The highest BCUT2D eigenvalue weighted by molar-refractivity contribution is 6.31. The average molecular weight is 460 g/mol. The van der Waals surface area contributed by atoms with Crippen molar-refractivity contribution in [2.24, 2.45) is 5.92 Å². The van der Waals surface area contributed by atoms with Crippen LogP contribution in [0.15, 0.2) is 18.3 Å². The molecule has 1 fully saturated rings. The van der Waals surface area contributed by atoms with Crippen LogP contribution in [0.3, 0.4) is 0 Å². The molecular formula is C23H30ClN5O3. The second-order valence-electron chi connectivity index (χ2n) is 8.20. The van der Waals surface area contributed by atoms with Gasteiger partial charge >= 0.3 is 0 Å². The van der Waals surface area contributed by atoms with Gasteiger partial charge in [-0.1, -0.05) is 18.5 Å². The number of nitrogens with one attached hydrogen (secondary N) is 2. The molecular weight excluding hydrogens is 430 g/mol. The first-order valence-electron chi connectivity index (χ1n) is 11.1. The van der Waals surface area contributed by atoms with Gasteiger partial charge in [-0.3, -0.25) is 4.98 Å². The topological polar surface area (TPSA) is 101 Å². The van der Waals surface area contributed by atoms with Gasteiger partial charge in [0.15, 0.2) is 0 Å². The van der Waals surface area contributed by atoms with Crippen molar-refractivity contribution in [3.8, 4) is 5.75 Å². The number of methoxy groups -OCH3 is 1. The lowest BCUT2D eigenvalue weighted by atomic mass is 10.1. The summed E-state index contributed by atoms with van der Waals surface area (Å²) in [5.41, 5.74) is 2.78. The summed E-state index contributed by atoms with van der Waals surface area (Å²) >= 11 is 6.66. The molecule has 2 unspecified atom stereocenters. The van der Waals surface area contributed by atoms with Crippen LogP contribution in [0.2, 0.25) is 5.15 Å². The van der Waals surface area contributed by atoms with E-state index in [1.165, 1.54) is 0 Å². The van der Waals surface area contributed by atoms with E-state index in [0.29, 0.717) is 47.3 Å². The maximum absolute atomic E-state index is 9.52. The number of anilines is 2. The van der Waals surface area contributed by atoms with Crippen LogP contribution < -0.4 is 15.4 Å². The summed E-state index contributed by atoms with van der Waals surface area (Å²) in [6, 6.07) is 2.28. The second-order valence-corrected chi connectivity index (χ2v) is 8.55. The summed E-state index contributed by atoms with van der Waals surface area (Å²) in [6.07, 6.45) is 8.22. The van der Waals surface area contributed by atoms with Gasteiger partial charge in [0, 0.05) is 37.6 Å². The van der Waals surface area contributed by atoms with Gasteiger partial charge in [0.1, 0.15) is 22.5 Å². The van der Waals surface area contributed by atoms with Crippen LogP contribution >= 0.6 is 11.6 Å². The zero-order valence-corrected chi connectivity index (χ0v) is 19.3. The van der Waals surface area contributed by atoms with Crippen LogP contribution in [-0.4, -0.2) is 53.0 Å². The largest absolute Gasteiger partial charge is 0.455 e. The van der Waals surface area contributed by atoms with E-state index < -0.39 is 0 Å². The summed E-state index contributed by atoms with van der Waals surface area (Å²) in [5.74, 6) is 2.72. The monoisotopic (exact) mass is 459 g/mol. The van der Waals surface area contributed by atoms with Crippen molar-refractivity contribution in [3.05, 3.63) is 40.3 Å². The molecule has 0 saturated heterocycles. The maximum atomic E-state index is 9.52. The lowest BCUT2D eigenvalue weighted by Crippen LogP contribution is -2.21. The molecule has 3 heterocycles. The first kappa shape index (κ1) is 22.8. The minimum Gasteiger partial charge on any atom is -0.455 e. The first-order valence-corrected chi connectivity index (χ1v) is 11.5. The zero-order valence-electron chi connectivity index (χ0n) is 18.5. The van der Waals surface area contributed by atoms with E-state index in [2.05, 4.69) is 33.6 Å². The molecule has 9 heteroatoms. The standard InChI is InChI=1S/C23H30ClN5O3/c1-3-16-11-15-5-7-18(32-19(15)12-26-16)20-21(24)28-23(25-8-9-31-2)29-22(20)27-17-6-4-14(10-17)13-30/h7,11-12,14,17,30H,3-6,8-10,13H2,1-2H3,(H2,25,27,28,29). The van der Waals surface area contributed by atoms with Crippen LogP contribution in [-0.2, 0) is 17.6 Å². The highest BCUT2D eigenvalue weighted by Crippen LogP contribution is 2.38. The SMILES string of the molecule is CCc1cc2c(cn1)OC(c1c(Cl)nc(NCCOC)nc1NC1CCC(CO)C1)=CC2. The van der Waals surface area contributed by atoms with Gasteiger partial charge in [0.05, 0.1) is 18.4 Å². The van der Waals surface area contributed by atoms with E-state index in [1.54, 1.807) is 13.3 Å². The molecule has 1 aliphatic carbocycles. The molecule has 2 atom stereocenters. The van der Waals surface area contributed by atoms with Crippen molar-refractivity contribution in [2.75, 3.05) is 37.5 Å². The van der Waals surface area contributed by atoms with E-state index in [0.717, 1.165) is 49.1 Å². The lowest BCUT2D eigenvalue weighted by Gasteiger charge is -2.23. The molecule has 32 heavy (non-hydrogen) atoms. The third-order valence-electron chi connectivity index (χ3n) is 5.94. The number of fused-ring (bicyclic) bond motifs is 1. The molecule has 0 amide bonds. The van der Waals surface area contributed by atoms with Crippen LogP contribution in [0.4, 0.5) is 11.8 Å². The quantitative estimate of drug-likeness (QED) is 0.385. The Bertz CT molecular complexity index is 984. The number of allylic oxidation sites excluding steroid dienone is 1. The van der Waals surface area contributed by atoms with Gasteiger partial charge < -0.3 is 25.2 Å². The molecule has 1 saturated carbocycles. The number of aliphatic hydroxyl groups is 1. The molecule has 0 spiro atoms. The van der Waals surface area contributed by atoms with Crippen molar-refractivity contribution >= 4 is 29.1 Å². The molecule has 172 valence electrons. The number of pyridine rings is 1. The number of hydrogen-bond donors (Lipinski definition) is 3. The summed E-state index contributed by atoms with van der Waals surface area (Å²) < 4.78 is 11.3. The number of halogens is 1. The molecule has 2 aliphatic rings. The van der Waals surface area contributed by atoms with Crippen molar-refractivity contribution in [2.45, 2.75) is 45.1 Å². The van der Waals surface area contributed by atoms with E-state index in [4.69, 9.17) is 26.1 Å². The molecule has 2 aromatic rings. The van der Waals surface area contributed by atoms with Crippen molar-refractivity contribution in [1.82, 2.24) is 15.0 Å². The fraction of sp³-hybridized carbons (Fsp3) is 0.522. The Morgan fingerprint density at radius 1 is 1.31 bits per heavy atom. The number of nitrogens with zero attached hydrogens (tertiary/aromatic N) is 3. The molecule has 0 aromatic carbocycles. The Hall–Kier alpha value is -2.42. The smallest absolute Gasteiger partial charge is 0.226 e. The number of rotatable bonds is 9. The van der Waals surface area contributed by atoms with Crippen molar-refractivity contribution in [3.63, 3.8) is 0 Å². The van der Waals surface area contributed by atoms with Crippen molar-refractivity contribution in [1.29, 1.82) is 0 Å². The van der Waals surface area contributed by atoms with Gasteiger partial charge in [0.25, 0.3) is 0 Å². The first-order chi connectivity index (χ1) is 15.6. The minimum atomic E-state index is 0.203. The van der Waals surface area contributed by atoms with Crippen molar-refractivity contribution < 1.29 is 14.6 Å². The fourth-order valence-electron chi connectivity index (χ4n) is 4.16. The van der Waals surface area contributed by atoms with E-state index in [9.17, 15) is 5.11 Å². The number of aryl methyl sites for hydroxylation is 1. The molecule has 2 aromatic heterocycles. The average Bonchev–Trinajstić information content (AvgIpc) is 3.26. The van der Waals surface area contributed by atoms with Crippen LogP contribution in [0.1, 0.15) is 43.0 Å². The van der Waals surface area contributed by atoms with Gasteiger partial charge in [-0.25, -0.2) is 4.98 Å². The fourth-order valence-corrected chi connectivity index (χ4v) is 4.42.